The molecule has 1 amide bonds. The predicted octanol–water partition coefficient (Wildman–Crippen LogP) is 5.27. The van der Waals surface area contributed by atoms with Crippen LogP contribution in [0.3, 0.4) is 0 Å². The van der Waals surface area contributed by atoms with Crippen LogP contribution >= 0.6 is 35.6 Å². The molecule has 2 aromatic heterocycles. The lowest BCUT2D eigenvalue weighted by Crippen LogP contribution is -2.27. The molecule has 0 atom stereocenters. The van der Waals surface area contributed by atoms with Crippen molar-refractivity contribution in [3.05, 3.63) is 79.6 Å². The van der Waals surface area contributed by atoms with Gasteiger partial charge < -0.3 is 5.32 Å². The number of aromatic nitrogens is 2. The van der Waals surface area contributed by atoms with Crippen molar-refractivity contribution in [2.24, 2.45) is 0 Å². The van der Waals surface area contributed by atoms with E-state index in [9.17, 15) is 9.59 Å². The molecule has 0 saturated carbocycles. The summed E-state index contributed by atoms with van der Waals surface area (Å²) in [5.41, 5.74) is 2.40. The Hall–Kier alpha value is -2.68. The number of carbonyl (C=O) groups excluding carboxylic acids is 1. The number of amides is 1. The Bertz CT molecular complexity index is 1340. The van der Waals surface area contributed by atoms with Crippen LogP contribution in [0.25, 0.3) is 11.7 Å². The summed E-state index contributed by atoms with van der Waals surface area (Å²) in [6.45, 7) is 4.97. The van der Waals surface area contributed by atoms with Crippen molar-refractivity contribution in [2.75, 3.05) is 11.9 Å². The van der Waals surface area contributed by atoms with E-state index >= 15 is 0 Å². The lowest BCUT2D eigenvalue weighted by atomic mass is 10.2. The van der Waals surface area contributed by atoms with Gasteiger partial charge in [-0.05, 0) is 42.7 Å². The van der Waals surface area contributed by atoms with Crippen LogP contribution in [-0.4, -0.2) is 31.1 Å². The van der Waals surface area contributed by atoms with E-state index in [0.717, 1.165) is 24.0 Å². The molecule has 0 unspecified atom stereocenters. The second-order valence-corrected chi connectivity index (χ2v) is 9.84. The first-order valence-electron chi connectivity index (χ1n) is 10.6. The van der Waals surface area contributed by atoms with E-state index in [4.69, 9.17) is 23.8 Å². The van der Waals surface area contributed by atoms with Gasteiger partial charge in [-0.15, -0.1) is 0 Å². The van der Waals surface area contributed by atoms with Crippen molar-refractivity contribution in [1.82, 2.24) is 14.3 Å². The topological polar surface area (TPSA) is 66.7 Å². The lowest BCUT2D eigenvalue weighted by molar-refractivity contribution is -0.122. The summed E-state index contributed by atoms with van der Waals surface area (Å²) in [5, 5.41) is 3.84. The van der Waals surface area contributed by atoms with Gasteiger partial charge in [0.15, 0.2) is 0 Å². The number of anilines is 1. The number of thiocarbonyl (C=S) groups is 1. The summed E-state index contributed by atoms with van der Waals surface area (Å²) in [5.74, 6) is 0.215. The smallest absolute Gasteiger partial charge is 0.267 e. The molecule has 0 aliphatic carbocycles. The van der Waals surface area contributed by atoms with Crippen molar-refractivity contribution in [1.29, 1.82) is 0 Å². The number of nitrogens with one attached hydrogen (secondary N) is 1. The number of aryl methyl sites for hydroxylation is 1. The second kappa shape index (κ2) is 10.1. The average Bonchev–Trinajstić information content (AvgIpc) is 3.05. The van der Waals surface area contributed by atoms with E-state index in [0.29, 0.717) is 37.8 Å². The third kappa shape index (κ3) is 4.98. The first-order chi connectivity index (χ1) is 15.9. The number of pyridine rings is 1. The lowest BCUT2D eigenvalue weighted by Gasteiger charge is -2.15. The zero-order valence-corrected chi connectivity index (χ0v) is 20.7. The minimum absolute atomic E-state index is 0.237. The molecular weight excluding hydrogens is 476 g/mol. The van der Waals surface area contributed by atoms with Crippen molar-refractivity contribution in [3.63, 3.8) is 0 Å². The van der Waals surface area contributed by atoms with E-state index < -0.39 is 0 Å². The first-order valence-corrected chi connectivity index (χ1v) is 12.2. The monoisotopic (exact) mass is 498 g/mol. The van der Waals surface area contributed by atoms with Gasteiger partial charge in [0.05, 0.1) is 17.0 Å². The molecule has 3 aromatic rings. The molecule has 33 heavy (non-hydrogen) atoms. The van der Waals surface area contributed by atoms with Gasteiger partial charge in [0, 0.05) is 17.8 Å². The second-order valence-electron chi connectivity index (χ2n) is 7.75. The van der Waals surface area contributed by atoms with Crippen LogP contribution in [0.4, 0.5) is 5.82 Å². The van der Waals surface area contributed by atoms with Crippen LogP contribution in [0.5, 0.6) is 0 Å². The largest absolute Gasteiger partial charge is 0.369 e. The number of halogens is 1. The number of hydrogen-bond donors (Lipinski definition) is 1. The summed E-state index contributed by atoms with van der Waals surface area (Å²) >= 11 is 12.9. The zero-order chi connectivity index (χ0) is 23.5. The number of unbranched alkanes of at least 4 members (excludes halogenated alkanes) is 1. The van der Waals surface area contributed by atoms with Crippen molar-refractivity contribution >= 4 is 63.3 Å². The van der Waals surface area contributed by atoms with Crippen molar-refractivity contribution < 1.29 is 4.79 Å². The maximum Gasteiger partial charge on any atom is 0.267 e. The summed E-state index contributed by atoms with van der Waals surface area (Å²) < 4.78 is 1.94. The Morgan fingerprint density at radius 3 is 2.76 bits per heavy atom. The molecule has 1 aliphatic heterocycles. The predicted molar refractivity (Wildman–Crippen MR) is 140 cm³/mol. The number of carbonyl (C=O) groups is 1. The Labute approximate surface area is 206 Å². The minimum atomic E-state index is -0.252. The number of benzene rings is 1. The average molecular weight is 499 g/mol. The van der Waals surface area contributed by atoms with Crippen molar-refractivity contribution in [2.45, 2.75) is 33.2 Å². The molecule has 1 aromatic carbocycles. The summed E-state index contributed by atoms with van der Waals surface area (Å²) in [4.78, 5) is 33.1. The number of hydrogen-bond acceptors (Lipinski definition) is 6. The molecule has 0 bridgehead atoms. The van der Waals surface area contributed by atoms with E-state index in [1.807, 2.05) is 37.3 Å². The van der Waals surface area contributed by atoms with Gasteiger partial charge in [-0.2, -0.15) is 0 Å². The SMILES string of the molecule is CCCCNc1nc2ccc(C)cn2c(=O)c1C=C1SC(=S)N(Cc2ccccc2Cl)C1=O. The fourth-order valence-corrected chi connectivity index (χ4v) is 4.90. The molecule has 0 spiro atoms. The van der Waals surface area contributed by atoms with Gasteiger partial charge in [-0.1, -0.05) is 73.2 Å². The van der Waals surface area contributed by atoms with Crippen molar-refractivity contribution in [3.8, 4) is 0 Å². The van der Waals surface area contributed by atoms with Gasteiger partial charge in [0.1, 0.15) is 15.8 Å². The van der Waals surface area contributed by atoms with Gasteiger partial charge in [-0.25, -0.2) is 4.98 Å². The Kier molecular flexibility index (Phi) is 7.17. The van der Waals surface area contributed by atoms with E-state index in [1.54, 1.807) is 18.3 Å². The third-order valence-electron chi connectivity index (χ3n) is 5.26. The highest BCUT2D eigenvalue weighted by Gasteiger charge is 2.33. The molecule has 6 nitrogen and oxygen atoms in total. The molecule has 1 N–H and O–H groups in total. The van der Waals surface area contributed by atoms with Crippen LogP contribution in [-0.2, 0) is 11.3 Å². The Morgan fingerprint density at radius 1 is 1.21 bits per heavy atom. The van der Waals surface area contributed by atoms with Crippen LogP contribution < -0.4 is 10.9 Å². The maximum atomic E-state index is 13.4. The normalized spacial score (nSPS) is 15.1. The third-order valence-corrected chi connectivity index (χ3v) is 7.01. The molecular formula is C24H23ClN4O2S2. The van der Waals surface area contributed by atoms with Gasteiger partial charge in [0.2, 0.25) is 0 Å². The molecule has 4 rings (SSSR count). The quantitative estimate of drug-likeness (QED) is 0.272. The fourth-order valence-electron chi connectivity index (χ4n) is 3.47. The van der Waals surface area contributed by atoms with E-state index in [2.05, 4.69) is 17.2 Å². The van der Waals surface area contributed by atoms with Crippen LogP contribution in [0, 0.1) is 6.92 Å². The molecule has 1 aliphatic rings. The highest BCUT2D eigenvalue weighted by atomic mass is 35.5. The summed E-state index contributed by atoms with van der Waals surface area (Å²) in [6, 6.07) is 11.1. The molecule has 170 valence electrons. The molecule has 3 heterocycles. The first kappa shape index (κ1) is 23.5. The molecule has 1 saturated heterocycles. The molecule has 1 fully saturated rings. The van der Waals surface area contributed by atoms with E-state index in [-0.39, 0.29) is 18.0 Å². The number of fused-ring (bicyclic) bond motifs is 1. The zero-order valence-electron chi connectivity index (χ0n) is 18.3. The minimum Gasteiger partial charge on any atom is -0.369 e. The van der Waals surface area contributed by atoms with Crippen LogP contribution in [0.2, 0.25) is 5.02 Å². The number of thioether (sulfide) groups is 1. The van der Waals surface area contributed by atoms with Crippen LogP contribution in [0.1, 0.15) is 36.5 Å². The summed E-state index contributed by atoms with van der Waals surface area (Å²) in [6.07, 6.45) is 5.30. The highest BCUT2D eigenvalue weighted by Crippen LogP contribution is 2.34. The maximum absolute atomic E-state index is 13.4. The standard InChI is InChI=1S/C24H23ClN4O2S2/c1-3-4-11-26-21-17(22(30)28-13-15(2)9-10-20(28)27-21)12-19-23(31)29(24(32)33-19)14-16-7-5-6-8-18(16)25/h5-10,12-13,26H,3-4,11,14H2,1-2H3. The van der Waals surface area contributed by atoms with Crippen LogP contribution in [0.15, 0.2) is 52.3 Å². The Morgan fingerprint density at radius 2 is 2.00 bits per heavy atom. The Balaban J connectivity index is 1.74. The van der Waals surface area contributed by atoms with Gasteiger partial charge in [-0.3, -0.25) is 18.9 Å². The van der Waals surface area contributed by atoms with E-state index in [1.165, 1.54) is 21.1 Å². The fraction of sp³-hybridized carbons (Fsp3) is 0.250. The number of nitrogens with zero attached hydrogens (tertiary/aromatic N) is 3. The highest BCUT2D eigenvalue weighted by molar-refractivity contribution is 8.26. The molecule has 9 heteroatoms. The van der Waals surface area contributed by atoms with Gasteiger partial charge >= 0.3 is 0 Å². The summed E-state index contributed by atoms with van der Waals surface area (Å²) in [7, 11) is 0. The molecule has 0 radical (unpaired) electrons. The number of rotatable bonds is 7. The van der Waals surface area contributed by atoms with Gasteiger partial charge in [0.25, 0.3) is 11.5 Å².